The predicted octanol–water partition coefficient (Wildman–Crippen LogP) is 3.88. The zero-order valence-corrected chi connectivity index (χ0v) is 14.8. The summed E-state index contributed by atoms with van der Waals surface area (Å²) in [6.07, 6.45) is 1.03. The first kappa shape index (κ1) is 16.6. The molecule has 0 bridgehead atoms. The van der Waals surface area contributed by atoms with E-state index in [4.69, 9.17) is 0 Å². The number of para-hydroxylation sites is 2. The summed E-state index contributed by atoms with van der Waals surface area (Å²) in [5.74, 6) is 0.476. The number of amides is 1. The van der Waals surface area contributed by atoms with Crippen molar-refractivity contribution in [1.82, 2.24) is 14.9 Å². The minimum atomic E-state index is 0.0972. The number of nitrogens with one attached hydrogen (secondary N) is 1. The van der Waals surface area contributed by atoms with Crippen LogP contribution in [0.15, 0.2) is 53.7 Å². The number of aryl methyl sites for hydroxylation is 1. The summed E-state index contributed by atoms with van der Waals surface area (Å²) >= 11 is 1.44. The second-order valence-corrected chi connectivity index (χ2v) is 6.73. The van der Waals surface area contributed by atoms with E-state index in [1.807, 2.05) is 31.3 Å². The Balaban J connectivity index is 1.55. The third-order valence-corrected chi connectivity index (χ3v) is 4.83. The molecule has 24 heavy (non-hydrogen) atoms. The monoisotopic (exact) mass is 339 g/mol. The van der Waals surface area contributed by atoms with E-state index < -0.39 is 0 Å². The molecule has 0 fully saturated rings. The molecule has 3 rings (SSSR count). The van der Waals surface area contributed by atoms with Gasteiger partial charge in [-0.05, 0) is 29.7 Å². The van der Waals surface area contributed by atoms with E-state index in [1.165, 1.54) is 17.3 Å². The molecule has 0 saturated carbocycles. The van der Waals surface area contributed by atoms with E-state index in [0.717, 1.165) is 28.2 Å². The highest BCUT2D eigenvalue weighted by molar-refractivity contribution is 7.99. The van der Waals surface area contributed by atoms with Crippen LogP contribution in [0.3, 0.4) is 0 Å². The van der Waals surface area contributed by atoms with E-state index in [-0.39, 0.29) is 5.91 Å². The average Bonchev–Trinajstić information content (AvgIpc) is 3.03. The van der Waals surface area contributed by atoms with Crippen LogP contribution >= 0.6 is 11.8 Å². The number of thioether (sulfide) groups is 1. The average molecular weight is 339 g/mol. The van der Waals surface area contributed by atoms with Crippen LogP contribution in [0.1, 0.15) is 18.1 Å². The van der Waals surface area contributed by atoms with Gasteiger partial charge in [-0.2, -0.15) is 0 Å². The van der Waals surface area contributed by atoms with Crippen LogP contribution < -0.4 is 0 Å². The Morgan fingerprint density at radius 2 is 1.83 bits per heavy atom. The lowest BCUT2D eigenvalue weighted by atomic mass is 10.1. The molecule has 124 valence electrons. The lowest BCUT2D eigenvalue weighted by molar-refractivity contribution is -0.127. The second kappa shape index (κ2) is 7.53. The summed E-state index contributed by atoms with van der Waals surface area (Å²) in [6, 6.07) is 16.3. The summed E-state index contributed by atoms with van der Waals surface area (Å²) in [6.45, 7) is 2.77. The van der Waals surface area contributed by atoms with Crippen molar-refractivity contribution in [3.63, 3.8) is 0 Å². The highest BCUT2D eigenvalue weighted by atomic mass is 32.2. The van der Waals surface area contributed by atoms with Crippen molar-refractivity contribution in [1.29, 1.82) is 0 Å². The Morgan fingerprint density at radius 3 is 2.54 bits per heavy atom. The smallest absolute Gasteiger partial charge is 0.233 e. The normalized spacial score (nSPS) is 10.9. The summed E-state index contributed by atoms with van der Waals surface area (Å²) < 4.78 is 0. The van der Waals surface area contributed by atoms with E-state index in [0.29, 0.717) is 12.3 Å². The molecule has 4 nitrogen and oxygen atoms in total. The summed E-state index contributed by atoms with van der Waals surface area (Å²) in [7, 11) is 1.84. The number of aromatic amines is 1. The van der Waals surface area contributed by atoms with E-state index in [9.17, 15) is 4.79 Å². The van der Waals surface area contributed by atoms with Crippen molar-refractivity contribution in [3.05, 3.63) is 59.7 Å². The fourth-order valence-corrected chi connectivity index (χ4v) is 3.31. The first-order chi connectivity index (χ1) is 11.7. The molecular formula is C19H21N3OS. The lowest BCUT2D eigenvalue weighted by Crippen LogP contribution is -2.27. The van der Waals surface area contributed by atoms with Crippen molar-refractivity contribution < 1.29 is 4.79 Å². The van der Waals surface area contributed by atoms with E-state index >= 15 is 0 Å². The number of hydrogen-bond donors (Lipinski definition) is 1. The fraction of sp³-hybridized carbons (Fsp3) is 0.263. The molecule has 0 aliphatic rings. The third-order valence-electron chi connectivity index (χ3n) is 3.98. The van der Waals surface area contributed by atoms with Gasteiger partial charge in [0.05, 0.1) is 16.8 Å². The summed E-state index contributed by atoms with van der Waals surface area (Å²) in [5.41, 5.74) is 4.39. The van der Waals surface area contributed by atoms with Gasteiger partial charge in [-0.25, -0.2) is 4.98 Å². The Kier molecular flexibility index (Phi) is 5.20. The number of imidazole rings is 1. The van der Waals surface area contributed by atoms with Crippen molar-refractivity contribution in [2.75, 3.05) is 12.8 Å². The number of carbonyl (C=O) groups excluding carboxylic acids is 1. The third kappa shape index (κ3) is 3.97. The van der Waals surface area contributed by atoms with Crippen LogP contribution in [0.5, 0.6) is 0 Å². The Bertz CT molecular complexity index is 793. The molecule has 0 aliphatic heterocycles. The molecule has 0 spiro atoms. The Morgan fingerprint density at radius 1 is 1.12 bits per heavy atom. The van der Waals surface area contributed by atoms with Crippen molar-refractivity contribution >= 4 is 28.7 Å². The molecule has 0 aliphatic carbocycles. The number of H-pyrrole nitrogens is 1. The summed E-state index contributed by atoms with van der Waals surface area (Å²) in [4.78, 5) is 21.8. The van der Waals surface area contributed by atoms with Gasteiger partial charge in [0, 0.05) is 13.6 Å². The van der Waals surface area contributed by atoms with Crippen LogP contribution in [0.2, 0.25) is 0 Å². The maximum atomic E-state index is 12.3. The quantitative estimate of drug-likeness (QED) is 0.694. The Hall–Kier alpha value is -2.27. The van der Waals surface area contributed by atoms with Gasteiger partial charge >= 0.3 is 0 Å². The number of benzene rings is 2. The standard InChI is InChI=1S/C19H21N3OS/c1-3-14-8-10-15(11-9-14)12-22(2)18(23)13-24-19-20-16-6-4-5-7-17(16)21-19/h4-11H,3,12-13H2,1-2H3,(H,20,21). The number of rotatable bonds is 6. The maximum absolute atomic E-state index is 12.3. The molecule has 2 aromatic carbocycles. The molecule has 1 N–H and O–H groups in total. The van der Waals surface area contributed by atoms with Gasteiger partial charge in [-0.1, -0.05) is 55.1 Å². The number of nitrogens with zero attached hydrogens (tertiary/aromatic N) is 2. The molecule has 0 unspecified atom stereocenters. The number of carbonyl (C=O) groups is 1. The van der Waals surface area contributed by atoms with Crippen LogP contribution in [0, 0.1) is 0 Å². The minimum absolute atomic E-state index is 0.0972. The van der Waals surface area contributed by atoms with Crippen LogP contribution in [0.4, 0.5) is 0 Å². The van der Waals surface area contributed by atoms with Gasteiger partial charge in [0.1, 0.15) is 0 Å². The van der Waals surface area contributed by atoms with Gasteiger partial charge in [0.2, 0.25) is 5.91 Å². The first-order valence-electron chi connectivity index (χ1n) is 8.05. The summed E-state index contributed by atoms with van der Waals surface area (Å²) in [5, 5.41) is 0.783. The SMILES string of the molecule is CCc1ccc(CN(C)C(=O)CSc2nc3ccccc3[nH]2)cc1. The molecule has 0 saturated heterocycles. The molecule has 1 heterocycles. The topological polar surface area (TPSA) is 49.0 Å². The van der Waals surface area contributed by atoms with Gasteiger partial charge < -0.3 is 9.88 Å². The number of fused-ring (bicyclic) bond motifs is 1. The van der Waals surface area contributed by atoms with Crippen LogP contribution in [-0.4, -0.2) is 33.6 Å². The van der Waals surface area contributed by atoms with Crippen molar-refractivity contribution in [3.8, 4) is 0 Å². The van der Waals surface area contributed by atoms with Crippen molar-refractivity contribution in [2.24, 2.45) is 0 Å². The lowest BCUT2D eigenvalue weighted by Gasteiger charge is -2.17. The van der Waals surface area contributed by atoms with E-state index in [1.54, 1.807) is 4.90 Å². The molecule has 1 amide bonds. The fourth-order valence-electron chi connectivity index (χ4n) is 2.48. The predicted molar refractivity (Wildman–Crippen MR) is 99.1 cm³/mol. The van der Waals surface area contributed by atoms with Crippen LogP contribution in [0.25, 0.3) is 11.0 Å². The highest BCUT2D eigenvalue weighted by Gasteiger charge is 2.11. The zero-order valence-electron chi connectivity index (χ0n) is 14.0. The first-order valence-corrected chi connectivity index (χ1v) is 9.03. The molecular weight excluding hydrogens is 318 g/mol. The molecule has 3 aromatic rings. The van der Waals surface area contributed by atoms with Crippen LogP contribution in [-0.2, 0) is 17.8 Å². The second-order valence-electron chi connectivity index (χ2n) is 5.77. The van der Waals surface area contributed by atoms with Gasteiger partial charge in [0.15, 0.2) is 5.16 Å². The van der Waals surface area contributed by atoms with Gasteiger partial charge in [0.25, 0.3) is 0 Å². The molecule has 0 atom stereocenters. The largest absolute Gasteiger partial charge is 0.341 e. The molecule has 5 heteroatoms. The highest BCUT2D eigenvalue weighted by Crippen LogP contribution is 2.19. The minimum Gasteiger partial charge on any atom is -0.341 e. The Labute approximate surface area is 146 Å². The molecule has 1 aromatic heterocycles. The molecule has 0 radical (unpaired) electrons. The van der Waals surface area contributed by atoms with Gasteiger partial charge in [-0.3, -0.25) is 4.79 Å². The zero-order chi connectivity index (χ0) is 16.9. The number of aromatic nitrogens is 2. The van der Waals surface area contributed by atoms with Crippen molar-refractivity contribution in [2.45, 2.75) is 25.0 Å². The van der Waals surface area contributed by atoms with E-state index in [2.05, 4.69) is 41.2 Å². The maximum Gasteiger partial charge on any atom is 0.233 e. The van der Waals surface area contributed by atoms with Gasteiger partial charge in [-0.15, -0.1) is 0 Å². The number of hydrogen-bond acceptors (Lipinski definition) is 3.